The fraction of sp³-hybridized carbons (Fsp3) is 0.381. The van der Waals surface area contributed by atoms with E-state index < -0.39 is 18.1 Å². The molecule has 0 aliphatic carbocycles. The van der Waals surface area contributed by atoms with Crippen molar-refractivity contribution in [3.8, 4) is 0 Å². The van der Waals surface area contributed by atoms with Crippen molar-refractivity contribution in [1.29, 1.82) is 0 Å². The average molecular weight is 414 g/mol. The number of rotatable bonds is 4. The zero-order valence-electron chi connectivity index (χ0n) is 16.2. The Kier molecular flexibility index (Phi) is 5.36. The third kappa shape index (κ3) is 3.64. The van der Waals surface area contributed by atoms with Gasteiger partial charge >= 0.3 is 5.97 Å². The van der Waals surface area contributed by atoms with Crippen molar-refractivity contribution in [1.82, 2.24) is 4.90 Å². The molecule has 0 bridgehead atoms. The van der Waals surface area contributed by atoms with E-state index in [1.54, 1.807) is 24.0 Å². The molecule has 1 fully saturated rings. The minimum absolute atomic E-state index is 0.245. The number of hydrogen-bond donors (Lipinski definition) is 0. The van der Waals surface area contributed by atoms with Gasteiger partial charge in [-0.05, 0) is 37.1 Å². The van der Waals surface area contributed by atoms with E-state index in [-0.39, 0.29) is 17.2 Å². The monoisotopic (exact) mass is 414 g/mol. The number of amides is 2. The second-order valence-electron chi connectivity index (χ2n) is 7.09. The zero-order chi connectivity index (χ0) is 20.5. The minimum Gasteiger partial charge on any atom is -0.466 e. The summed E-state index contributed by atoms with van der Waals surface area (Å²) >= 11 is 1.44. The molecule has 2 aliphatic heterocycles. The highest BCUT2D eigenvalue weighted by molar-refractivity contribution is 7.99. The largest absolute Gasteiger partial charge is 0.466 e. The SMILES string of the molecule is CC(=O)N1[C@@H](C(=O)O[C@H](C)C(=O)N2CCc3ccccc32)CS[C@@H]1c1ccco1. The summed E-state index contributed by atoms with van der Waals surface area (Å²) in [7, 11) is 0. The molecule has 1 saturated heterocycles. The molecule has 7 nitrogen and oxygen atoms in total. The molecule has 3 atom stereocenters. The van der Waals surface area contributed by atoms with Crippen LogP contribution < -0.4 is 4.90 Å². The Morgan fingerprint density at radius 2 is 2.00 bits per heavy atom. The van der Waals surface area contributed by atoms with Crippen molar-refractivity contribution in [2.75, 3.05) is 17.2 Å². The maximum atomic E-state index is 12.9. The van der Waals surface area contributed by atoms with Gasteiger partial charge in [-0.2, -0.15) is 0 Å². The van der Waals surface area contributed by atoms with Crippen LogP contribution in [0.3, 0.4) is 0 Å². The van der Waals surface area contributed by atoms with E-state index in [1.165, 1.54) is 29.8 Å². The molecule has 152 valence electrons. The number of fused-ring (bicyclic) bond motifs is 1. The van der Waals surface area contributed by atoms with E-state index in [2.05, 4.69) is 0 Å². The van der Waals surface area contributed by atoms with E-state index in [9.17, 15) is 14.4 Å². The maximum absolute atomic E-state index is 12.9. The number of para-hydroxylation sites is 1. The van der Waals surface area contributed by atoms with E-state index in [0.29, 0.717) is 18.1 Å². The second kappa shape index (κ2) is 7.94. The Morgan fingerprint density at radius 3 is 2.72 bits per heavy atom. The number of anilines is 1. The summed E-state index contributed by atoms with van der Waals surface area (Å²) in [5, 5.41) is -0.378. The van der Waals surface area contributed by atoms with Crippen LogP contribution in [0.1, 0.15) is 30.5 Å². The predicted octanol–water partition coefficient (Wildman–Crippen LogP) is 2.76. The summed E-state index contributed by atoms with van der Waals surface area (Å²) in [6.07, 6.45) is 1.38. The third-order valence-corrected chi connectivity index (χ3v) is 6.50. The molecule has 1 aromatic heterocycles. The molecule has 3 heterocycles. The van der Waals surface area contributed by atoms with Gasteiger partial charge in [-0.1, -0.05) is 18.2 Å². The molecule has 2 aliphatic rings. The summed E-state index contributed by atoms with van der Waals surface area (Å²) < 4.78 is 10.9. The number of nitrogens with zero attached hydrogens (tertiary/aromatic N) is 2. The van der Waals surface area contributed by atoms with Crippen molar-refractivity contribution >= 4 is 35.2 Å². The van der Waals surface area contributed by atoms with Crippen LogP contribution in [0.25, 0.3) is 0 Å². The van der Waals surface area contributed by atoms with Gasteiger partial charge in [-0.25, -0.2) is 4.79 Å². The Hall–Kier alpha value is -2.74. The number of ether oxygens (including phenoxy) is 1. The second-order valence-corrected chi connectivity index (χ2v) is 8.20. The lowest BCUT2D eigenvalue weighted by Gasteiger charge is -2.27. The number of benzene rings is 1. The van der Waals surface area contributed by atoms with Crippen LogP contribution in [0.15, 0.2) is 47.1 Å². The number of carbonyl (C=O) groups excluding carboxylic acids is 3. The number of furan rings is 1. The van der Waals surface area contributed by atoms with E-state index in [4.69, 9.17) is 9.15 Å². The van der Waals surface area contributed by atoms with Gasteiger partial charge in [0.25, 0.3) is 5.91 Å². The van der Waals surface area contributed by atoms with Gasteiger partial charge in [0.15, 0.2) is 6.10 Å². The van der Waals surface area contributed by atoms with Gasteiger partial charge in [0, 0.05) is 24.9 Å². The van der Waals surface area contributed by atoms with E-state index >= 15 is 0 Å². The zero-order valence-corrected chi connectivity index (χ0v) is 17.1. The van der Waals surface area contributed by atoms with Crippen molar-refractivity contribution in [3.05, 3.63) is 54.0 Å². The normalized spacial score (nSPS) is 21.7. The Bertz CT molecular complexity index is 929. The molecule has 0 radical (unpaired) electrons. The molecular weight excluding hydrogens is 392 g/mol. The molecule has 29 heavy (non-hydrogen) atoms. The maximum Gasteiger partial charge on any atom is 0.330 e. The van der Waals surface area contributed by atoms with Gasteiger partial charge in [-0.15, -0.1) is 11.8 Å². The van der Waals surface area contributed by atoms with Gasteiger partial charge in [-0.3, -0.25) is 9.59 Å². The summed E-state index contributed by atoms with van der Waals surface area (Å²) in [5.41, 5.74) is 1.97. The fourth-order valence-electron chi connectivity index (χ4n) is 3.81. The Morgan fingerprint density at radius 1 is 1.21 bits per heavy atom. The average Bonchev–Trinajstić information content (AvgIpc) is 3.45. The molecule has 2 amide bonds. The smallest absolute Gasteiger partial charge is 0.330 e. The number of esters is 1. The standard InChI is InChI=1S/C21H22N2O5S/c1-13(19(25)22-10-9-15-6-3-4-7-16(15)22)28-21(26)17-12-29-20(23(17)14(2)24)18-8-5-11-27-18/h3-8,11,13,17,20H,9-10,12H2,1-2H3/t13-,17-,20-/m1/s1. The lowest BCUT2D eigenvalue weighted by Crippen LogP contribution is -2.46. The molecule has 2 aromatic rings. The van der Waals surface area contributed by atoms with Crippen molar-refractivity contribution < 1.29 is 23.5 Å². The van der Waals surface area contributed by atoms with E-state index in [0.717, 1.165) is 17.7 Å². The van der Waals surface area contributed by atoms with Crippen LogP contribution in [-0.4, -0.2) is 47.1 Å². The topological polar surface area (TPSA) is 80.1 Å². The first-order chi connectivity index (χ1) is 14.0. The van der Waals surface area contributed by atoms with Crippen molar-refractivity contribution in [2.45, 2.75) is 37.8 Å². The predicted molar refractivity (Wildman–Crippen MR) is 108 cm³/mol. The molecule has 8 heteroatoms. The van der Waals surface area contributed by atoms with Gasteiger partial charge in [0.2, 0.25) is 5.91 Å². The third-order valence-electron chi connectivity index (χ3n) is 5.22. The van der Waals surface area contributed by atoms with Crippen LogP contribution in [0.2, 0.25) is 0 Å². The molecular formula is C21H22N2O5S. The lowest BCUT2D eigenvalue weighted by atomic mass is 10.2. The minimum atomic E-state index is -0.935. The van der Waals surface area contributed by atoms with Gasteiger partial charge < -0.3 is 19.0 Å². The number of carbonyl (C=O) groups is 3. The molecule has 1 aromatic carbocycles. The van der Waals surface area contributed by atoms with Crippen LogP contribution in [0.5, 0.6) is 0 Å². The molecule has 0 spiro atoms. The molecule has 0 N–H and O–H groups in total. The molecule has 0 saturated carbocycles. The first-order valence-electron chi connectivity index (χ1n) is 9.51. The number of thioether (sulfide) groups is 1. The summed E-state index contributed by atoms with van der Waals surface area (Å²) in [6.45, 7) is 3.56. The highest BCUT2D eigenvalue weighted by atomic mass is 32.2. The Balaban J connectivity index is 1.45. The summed E-state index contributed by atoms with van der Waals surface area (Å²) in [5.74, 6) is -0.0814. The first-order valence-corrected chi connectivity index (χ1v) is 10.6. The van der Waals surface area contributed by atoms with Crippen LogP contribution in [-0.2, 0) is 25.5 Å². The van der Waals surface area contributed by atoms with E-state index in [1.807, 2.05) is 24.3 Å². The molecule has 4 rings (SSSR count). The van der Waals surface area contributed by atoms with Crippen LogP contribution in [0, 0.1) is 0 Å². The molecule has 0 unspecified atom stereocenters. The highest BCUT2D eigenvalue weighted by Crippen LogP contribution is 2.42. The van der Waals surface area contributed by atoms with Crippen LogP contribution >= 0.6 is 11.8 Å². The van der Waals surface area contributed by atoms with Crippen molar-refractivity contribution in [2.24, 2.45) is 0 Å². The number of hydrogen-bond acceptors (Lipinski definition) is 6. The lowest BCUT2D eigenvalue weighted by molar-refractivity contribution is -0.160. The first kappa shape index (κ1) is 19.6. The summed E-state index contributed by atoms with van der Waals surface area (Å²) in [4.78, 5) is 41.0. The van der Waals surface area contributed by atoms with Crippen LogP contribution in [0.4, 0.5) is 5.69 Å². The highest BCUT2D eigenvalue weighted by Gasteiger charge is 2.44. The van der Waals surface area contributed by atoms with Gasteiger partial charge in [0.1, 0.15) is 17.2 Å². The quantitative estimate of drug-likeness (QED) is 0.716. The Labute approximate surface area is 173 Å². The van der Waals surface area contributed by atoms with Crippen molar-refractivity contribution in [3.63, 3.8) is 0 Å². The fourth-order valence-corrected chi connectivity index (χ4v) is 5.23. The summed E-state index contributed by atoms with van der Waals surface area (Å²) in [6, 6.07) is 10.5. The van der Waals surface area contributed by atoms with Gasteiger partial charge in [0.05, 0.1) is 6.26 Å².